The fourth-order valence-electron chi connectivity index (χ4n) is 5.41. The lowest BCUT2D eigenvalue weighted by atomic mass is 9.94. The van der Waals surface area contributed by atoms with Gasteiger partial charge in [0.2, 0.25) is 0 Å². The number of hydrogen-bond donors (Lipinski definition) is 2. The van der Waals surface area contributed by atoms with E-state index in [0.717, 1.165) is 91.7 Å². The molecule has 0 aromatic carbocycles. The minimum Gasteiger partial charge on any atom is -0.381 e. The molecule has 6 rings (SSSR count). The van der Waals surface area contributed by atoms with E-state index in [1.165, 1.54) is 5.69 Å². The summed E-state index contributed by atoms with van der Waals surface area (Å²) >= 11 is 0. The summed E-state index contributed by atoms with van der Waals surface area (Å²) in [6, 6.07) is 8.87. The van der Waals surface area contributed by atoms with Gasteiger partial charge in [-0.3, -0.25) is 4.98 Å². The molecular formula is C26H28N6O. The van der Waals surface area contributed by atoms with Crippen LogP contribution in [0.3, 0.4) is 0 Å². The van der Waals surface area contributed by atoms with Gasteiger partial charge in [0.1, 0.15) is 17.2 Å². The molecule has 0 atom stereocenters. The molecule has 2 N–H and O–H groups in total. The van der Waals surface area contributed by atoms with Gasteiger partial charge >= 0.3 is 0 Å². The van der Waals surface area contributed by atoms with Crippen molar-refractivity contribution in [1.29, 1.82) is 5.26 Å². The first-order valence-electron chi connectivity index (χ1n) is 12.0. The van der Waals surface area contributed by atoms with Crippen molar-refractivity contribution in [2.75, 3.05) is 26.3 Å². The molecule has 0 spiro atoms. The molecule has 0 amide bonds. The maximum Gasteiger partial charge on any atom is 0.138 e. The zero-order valence-corrected chi connectivity index (χ0v) is 18.7. The van der Waals surface area contributed by atoms with Gasteiger partial charge in [-0.25, -0.2) is 4.98 Å². The minimum atomic E-state index is 0.545. The van der Waals surface area contributed by atoms with Crippen molar-refractivity contribution in [3.8, 4) is 17.2 Å². The highest BCUT2D eigenvalue weighted by molar-refractivity contribution is 5.96. The number of nitrogens with zero attached hydrogens (tertiary/aromatic N) is 4. The van der Waals surface area contributed by atoms with Crippen LogP contribution in [0.4, 0.5) is 0 Å². The average molecular weight is 441 g/mol. The van der Waals surface area contributed by atoms with Gasteiger partial charge < -0.3 is 19.6 Å². The van der Waals surface area contributed by atoms with E-state index in [1.807, 2.05) is 18.6 Å². The lowest BCUT2D eigenvalue weighted by molar-refractivity contribution is 0.0616. The van der Waals surface area contributed by atoms with Gasteiger partial charge in [0.05, 0.1) is 11.1 Å². The van der Waals surface area contributed by atoms with Crippen molar-refractivity contribution < 1.29 is 4.74 Å². The van der Waals surface area contributed by atoms with Crippen molar-refractivity contribution in [2.24, 2.45) is 5.92 Å². The standard InChI is InChI=1S/C26H28N6O/c27-13-20-16-32(15-17-4-9-33-10-5-17)24-11-19(14-30-25(20)24)21-3-8-29-26-22(21)12-23(31-26)18-1-6-28-7-2-18/h3,8,11-12,14,16-18,28H,1-2,4-7,9-10,15H2,(H,29,31). The fourth-order valence-corrected chi connectivity index (χ4v) is 5.41. The summed E-state index contributed by atoms with van der Waals surface area (Å²) < 4.78 is 7.75. The van der Waals surface area contributed by atoms with E-state index in [9.17, 15) is 5.26 Å². The Balaban J connectivity index is 1.41. The Hall–Kier alpha value is -3.21. The number of aromatic amines is 1. The molecule has 0 saturated carbocycles. The molecule has 0 radical (unpaired) electrons. The van der Waals surface area contributed by atoms with E-state index in [1.54, 1.807) is 0 Å². The first-order chi connectivity index (χ1) is 16.3. The van der Waals surface area contributed by atoms with Crippen molar-refractivity contribution in [3.05, 3.63) is 48.0 Å². The van der Waals surface area contributed by atoms with Crippen LogP contribution in [-0.2, 0) is 11.3 Å². The number of pyridine rings is 2. The first kappa shape index (κ1) is 20.4. The van der Waals surface area contributed by atoms with Crippen LogP contribution in [-0.4, -0.2) is 45.8 Å². The predicted octanol–water partition coefficient (Wildman–Crippen LogP) is 4.34. The molecule has 33 heavy (non-hydrogen) atoms. The quantitative estimate of drug-likeness (QED) is 0.492. The third-order valence-electron chi connectivity index (χ3n) is 7.28. The monoisotopic (exact) mass is 440 g/mol. The number of hydrogen-bond acceptors (Lipinski definition) is 5. The number of nitrogens with one attached hydrogen (secondary N) is 2. The topological polar surface area (TPSA) is 91.5 Å². The van der Waals surface area contributed by atoms with Crippen LogP contribution in [0.25, 0.3) is 33.2 Å². The lowest BCUT2D eigenvalue weighted by Gasteiger charge is -2.22. The van der Waals surface area contributed by atoms with Gasteiger partial charge in [0.25, 0.3) is 0 Å². The molecule has 4 aromatic rings. The van der Waals surface area contributed by atoms with E-state index >= 15 is 0 Å². The van der Waals surface area contributed by atoms with Crippen LogP contribution < -0.4 is 5.32 Å². The predicted molar refractivity (Wildman–Crippen MR) is 128 cm³/mol. The van der Waals surface area contributed by atoms with Crippen molar-refractivity contribution in [3.63, 3.8) is 0 Å². The molecule has 7 heteroatoms. The van der Waals surface area contributed by atoms with E-state index in [2.05, 4.69) is 44.1 Å². The Morgan fingerprint density at radius 2 is 1.97 bits per heavy atom. The van der Waals surface area contributed by atoms with Crippen LogP contribution in [0.2, 0.25) is 0 Å². The molecule has 168 valence electrons. The number of aromatic nitrogens is 4. The second-order valence-electron chi connectivity index (χ2n) is 9.32. The molecular weight excluding hydrogens is 412 g/mol. The molecule has 0 bridgehead atoms. The number of piperidine rings is 1. The zero-order chi connectivity index (χ0) is 22.2. The smallest absolute Gasteiger partial charge is 0.138 e. The molecule has 2 fully saturated rings. The highest BCUT2D eigenvalue weighted by Gasteiger charge is 2.20. The third kappa shape index (κ3) is 3.79. The minimum absolute atomic E-state index is 0.545. The summed E-state index contributed by atoms with van der Waals surface area (Å²) in [5.41, 5.74) is 6.83. The largest absolute Gasteiger partial charge is 0.381 e. The maximum atomic E-state index is 9.67. The Bertz CT molecular complexity index is 1330. The fraction of sp³-hybridized carbons (Fsp3) is 0.423. The maximum absolute atomic E-state index is 9.67. The Morgan fingerprint density at radius 1 is 1.12 bits per heavy atom. The molecule has 4 aromatic heterocycles. The number of fused-ring (bicyclic) bond motifs is 2. The van der Waals surface area contributed by atoms with Crippen LogP contribution in [0.15, 0.2) is 36.8 Å². The van der Waals surface area contributed by atoms with Crippen molar-refractivity contribution >= 4 is 22.1 Å². The molecule has 2 aliphatic heterocycles. The van der Waals surface area contributed by atoms with Gasteiger partial charge in [0, 0.05) is 60.9 Å². The van der Waals surface area contributed by atoms with Gasteiger partial charge in [0.15, 0.2) is 0 Å². The molecule has 7 nitrogen and oxygen atoms in total. The Morgan fingerprint density at radius 3 is 2.79 bits per heavy atom. The van der Waals surface area contributed by atoms with Crippen LogP contribution in [0.5, 0.6) is 0 Å². The van der Waals surface area contributed by atoms with E-state index in [0.29, 0.717) is 17.4 Å². The summed E-state index contributed by atoms with van der Waals surface area (Å²) in [6.07, 6.45) is 10.1. The second-order valence-corrected chi connectivity index (χ2v) is 9.32. The molecule has 0 unspecified atom stereocenters. The van der Waals surface area contributed by atoms with Crippen LogP contribution in [0, 0.1) is 17.2 Å². The van der Waals surface area contributed by atoms with E-state index in [4.69, 9.17) is 9.72 Å². The zero-order valence-electron chi connectivity index (χ0n) is 18.7. The molecule has 2 saturated heterocycles. The van der Waals surface area contributed by atoms with Crippen LogP contribution in [0.1, 0.15) is 42.9 Å². The third-order valence-corrected chi connectivity index (χ3v) is 7.28. The molecule has 0 aliphatic carbocycles. The normalized spacial score (nSPS) is 18.2. The summed E-state index contributed by atoms with van der Waals surface area (Å²) in [5.74, 6) is 1.11. The van der Waals surface area contributed by atoms with Crippen molar-refractivity contribution in [2.45, 2.75) is 38.1 Å². The highest BCUT2D eigenvalue weighted by atomic mass is 16.5. The second kappa shape index (κ2) is 8.62. The van der Waals surface area contributed by atoms with Gasteiger partial charge in [-0.1, -0.05) is 0 Å². The SMILES string of the molecule is N#Cc1cn(CC2CCOCC2)c2cc(-c3ccnc4[nH]c(C5CCNCC5)cc34)cnc12. The average Bonchev–Trinajstić information content (AvgIpc) is 3.46. The summed E-state index contributed by atoms with van der Waals surface area (Å²) in [4.78, 5) is 12.9. The number of rotatable bonds is 4. The van der Waals surface area contributed by atoms with Gasteiger partial charge in [-0.15, -0.1) is 0 Å². The highest BCUT2D eigenvalue weighted by Crippen LogP contribution is 2.34. The lowest BCUT2D eigenvalue weighted by Crippen LogP contribution is -2.26. The van der Waals surface area contributed by atoms with Crippen LogP contribution >= 0.6 is 0 Å². The van der Waals surface area contributed by atoms with Gasteiger partial charge in [-0.05, 0) is 68.5 Å². The Kier molecular flexibility index (Phi) is 5.33. The van der Waals surface area contributed by atoms with E-state index in [-0.39, 0.29) is 0 Å². The van der Waals surface area contributed by atoms with Gasteiger partial charge in [-0.2, -0.15) is 5.26 Å². The summed E-state index contributed by atoms with van der Waals surface area (Å²) in [7, 11) is 0. The number of nitriles is 1. The molecule has 2 aliphatic rings. The Labute approximate surface area is 192 Å². The first-order valence-corrected chi connectivity index (χ1v) is 12.0. The molecule has 6 heterocycles. The number of H-pyrrole nitrogens is 1. The van der Waals surface area contributed by atoms with E-state index < -0.39 is 0 Å². The van der Waals surface area contributed by atoms with Crippen molar-refractivity contribution in [1.82, 2.24) is 24.8 Å². The summed E-state index contributed by atoms with van der Waals surface area (Å²) in [6.45, 7) is 4.65. The summed E-state index contributed by atoms with van der Waals surface area (Å²) in [5, 5.41) is 14.2. The number of ether oxygens (including phenoxy) is 1.